The lowest BCUT2D eigenvalue weighted by Crippen LogP contribution is -2.28. The van der Waals surface area contributed by atoms with E-state index in [2.05, 4.69) is 4.72 Å². The van der Waals surface area contributed by atoms with Crippen molar-refractivity contribution in [3.8, 4) is 0 Å². The Morgan fingerprint density at radius 1 is 1.16 bits per heavy atom. The van der Waals surface area contributed by atoms with Gasteiger partial charge in [-0.25, -0.2) is 21.9 Å². The fraction of sp³-hybridized carbons (Fsp3) is 0.167. The van der Waals surface area contributed by atoms with Crippen LogP contribution in [-0.2, 0) is 10.0 Å². The molecule has 0 bridgehead atoms. The first-order valence-electron chi connectivity index (χ1n) is 5.41. The van der Waals surface area contributed by atoms with Crippen molar-refractivity contribution in [1.82, 2.24) is 4.72 Å². The van der Waals surface area contributed by atoms with Crippen LogP contribution in [0.4, 0.5) is 8.78 Å². The third-order valence-corrected chi connectivity index (χ3v) is 5.14. The molecule has 1 aromatic heterocycles. The van der Waals surface area contributed by atoms with Gasteiger partial charge in [0.2, 0.25) is 10.0 Å². The van der Waals surface area contributed by atoms with Crippen LogP contribution in [0.15, 0.2) is 40.6 Å². The second kappa shape index (κ2) is 5.36. The molecule has 102 valence electrons. The molecule has 0 spiro atoms. The summed E-state index contributed by atoms with van der Waals surface area (Å²) >= 11 is 1.36. The Morgan fingerprint density at radius 3 is 2.32 bits per heavy atom. The molecule has 1 atom stereocenters. The van der Waals surface area contributed by atoms with Gasteiger partial charge >= 0.3 is 0 Å². The van der Waals surface area contributed by atoms with E-state index in [1.807, 2.05) is 0 Å². The first-order valence-corrected chi connectivity index (χ1v) is 7.78. The minimum atomic E-state index is -4.24. The summed E-state index contributed by atoms with van der Waals surface area (Å²) in [6, 6.07) is 5.90. The minimum absolute atomic E-state index is 0.552. The van der Waals surface area contributed by atoms with Crippen LogP contribution >= 0.6 is 11.3 Å². The normalized spacial score (nSPS) is 13.4. The molecule has 0 saturated heterocycles. The Bertz CT molecular complexity index is 649. The van der Waals surface area contributed by atoms with Gasteiger partial charge in [0.25, 0.3) is 0 Å². The second-order valence-corrected chi connectivity index (χ2v) is 6.54. The van der Waals surface area contributed by atoms with E-state index in [0.717, 1.165) is 23.1 Å². The summed E-state index contributed by atoms with van der Waals surface area (Å²) in [5.74, 6) is -2.21. The molecular formula is C12H11F2NO2S2. The van der Waals surface area contributed by atoms with Crippen LogP contribution in [0.3, 0.4) is 0 Å². The smallest absolute Gasteiger partial charge is 0.207 e. The van der Waals surface area contributed by atoms with Gasteiger partial charge in [0.15, 0.2) is 4.90 Å². The predicted octanol–water partition coefficient (Wildman–Crippen LogP) is 3.07. The maximum atomic E-state index is 13.5. The molecule has 0 amide bonds. The Morgan fingerprint density at radius 2 is 1.79 bits per heavy atom. The highest BCUT2D eigenvalue weighted by Gasteiger charge is 2.26. The maximum absolute atomic E-state index is 13.5. The molecule has 1 aromatic carbocycles. The van der Waals surface area contributed by atoms with Crippen molar-refractivity contribution in [3.05, 3.63) is 52.2 Å². The van der Waals surface area contributed by atoms with Crippen molar-refractivity contribution in [3.63, 3.8) is 0 Å². The van der Waals surface area contributed by atoms with Gasteiger partial charge in [-0.05, 0) is 30.5 Å². The zero-order valence-electron chi connectivity index (χ0n) is 9.93. The Balaban J connectivity index is 2.33. The van der Waals surface area contributed by atoms with Gasteiger partial charge in [-0.1, -0.05) is 12.1 Å². The van der Waals surface area contributed by atoms with Gasteiger partial charge in [0.05, 0.1) is 6.04 Å². The van der Waals surface area contributed by atoms with E-state index in [1.54, 1.807) is 24.4 Å². The van der Waals surface area contributed by atoms with E-state index in [9.17, 15) is 17.2 Å². The molecule has 1 N–H and O–H groups in total. The lowest BCUT2D eigenvalue weighted by Gasteiger charge is -2.13. The van der Waals surface area contributed by atoms with Crippen molar-refractivity contribution in [2.24, 2.45) is 0 Å². The van der Waals surface area contributed by atoms with Crippen molar-refractivity contribution in [2.75, 3.05) is 0 Å². The summed E-state index contributed by atoms with van der Waals surface area (Å²) in [5.41, 5.74) is 0. The van der Waals surface area contributed by atoms with Gasteiger partial charge in [0, 0.05) is 4.88 Å². The summed E-state index contributed by atoms with van der Waals surface area (Å²) in [5, 5.41) is 1.80. The van der Waals surface area contributed by atoms with Gasteiger partial charge in [0.1, 0.15) is 11.6 Å². The van der Waals surface area contributed by atoms with Crippen molar-refractivity contribution >= 4 is 21.4 Å². The second-order valence-electron chi connectivity index (χ2n) is 3.91. The largest absolute Gasteiger partial charge is 0.246 e. The number of nitrogens with one attached hydrogen (secondary N) is 1. The average molecular weight is 303 g/mol. The number of halogens is 2. The standard InChI is InChI=1S/C12H11F2NO2S2/c1-8(11-6-3-7-18-11)15-19(16,17)12-9(13)4-2-5-10(12)14/h2-8,15H,1H3/t8-/m0/s1. The number of hydrogen-bond acceptors (Lipinski definition) is 3. The number of thiophene rings is 1. The summed E-state index contributed by atoms with van der Waals surface area (Å²) in [6.07, 6.45) is 0. The minimum Gasteiger partial charge on any atom is -0.207 e. The van der Waals surface area contributed by atoms with Crippen LogP contribution in [0.1, 0.15) is 17.8 Å². The van der Waals surface area contributed by atoms with Crippen molar-refractivity contribution < 1.29 is 17.2 Å². The lowest BCUT2D eigenvalue weighted by molar-refractivity contribution is 0.509. The molecule has 2 aromatic rings. The number of benzene rings is 1. The molecule has 0 saturated carbocycles. The molecule has 0 fully saturated rings. The SMILES string of the molecule is C[C@H](NS(=O)(=O)c1c(F)cccc1F)c1cccs1. The van der Waals surface area contributed by atoms with Crippen LogP contribution in [0.5, 0.6) is 0 Å². The topological polar surface area (TPSA) is 46.2 Å². The highest BCUT2D eigenvalue weighted by Crippen LogP contribution is 2.23. The number of sulfonamides is 1. The van der Waals surface area contributed by atoms with Crippen molar-refractivity contribution in [1.29, 1.82) is 0 Å². The molecule has 0 aliphatic rings. The van der Waals surface area contributed by atoms with Crippen LogP contribution < -0.4 is 4.72 Å². The average Bonchev–Trinajstić information content (AvgIpc) is 2.80. The lowest BCUT2D eigenvalue weighted by atomic mass is 10.3. The predicted molar refractivity (Wildman–Crippen MR) is 69.4 cm³/mol. The van der Waals surface area contributed by atoms with E-state index in [1.165, 1.54) is 11.3 Å². The van der Waals surface area contributed by atoms with Gasteiger partial charge in [-0.3, -0.25) is 0 Å². The zero-order chi connectivity index (χ0) is 14.0. The van der Waals surface area contributed by atoms with E-state index in [-0.39, 0.29) is 0 Å². The summed E-state index contributed by atoms with van der Waals surface area (Å²) < 4.78 is 53.2. The molecule has 0 aliphatic carbocycles. The third-order valence-electron chi connectivity index (χ3n) is 2.49. The molecule has 0 radical (unpaired) electrons. The highest BCUT2D eigenvalue weighted by molar-refractivity contribution is 7.89. The molecule has 2 rings (SSSR count). The Labute approximate surface area is 114 Å². The Kier molecular flexibility index (Phi) is 3.98. The van der Waals surface area contributed by atoms with E-state index >= 15 is 0 Å². The molecular weight excluding hydrogens is 292 g/mol. The summed E-state index contributed by atoms with van der Waals surface area (Å²) in [6.45, 7) is 1.61. The summed E-state index contributed by atoms with van der Waals surface area (Å²) in [4.78, 5) is -0.182. The van der Waals surface area contributed by atoms with Crippen LogP contribution in [0.2, 0.25) is 0 Å². The van der Waals surface area contributed by atoms with E-state index in [4.69, 9.17) is 0 Å². The fourth-order valence-electron chi connectivity index (χ4n) is 1.63. The first-order chi connectivity index (χ1) is 8.92. The first kappa shape index (κ1) is 14.1. The molecule has 0 unspecified atom stereocenters. The molecule has 0 aliphatic heterocycles. The zero-order valence-corrected chi connectivity index (χ0v) is 11.6. The number of rotatable bonds is 4. The Hall–Kier alpha value is -1.31. The summed E-state index contributed by atoms with van der Waals surface area (Å²) in [7, 11) is -4.24. The molecule has 3 nitrogen and oxygen atoms in total. The third kappa shape index (κ3) is 2.99. The van der Waals surface area contributed by atoms with Crippen LogP contribution in [0, 0.1) is 11.6 Å². The maximum Gasteiger partial charge on any atom is 0.246 e. The number of hydrogen-bond donors (Lipinski definition) is 1. The van der Waals surface area contributed by atoms with Gasteiger partial charge in [-0.15, -0.1) is 11.3 Å². The van der Waals surface area contributed by atoms with Crippen molar-refractivity contribution in [2.45, 2.75) is 17.9 Å². The van der Waals surface area contributed by atoms with Crippen LogP contribution in [0.25, 0.3) is 0 Å². The molecule has 19 heavy (non-hydrogen) atoms. The fourth-order valence-corrected chi connectivity index (χ4v) is 3.80. The quantitative estimate of drug-likeness (QED) is 0.943. The van der Waals surface area contributed by atoms with Crippen LogP contribution in [-0.4, -0.2) is 8.42 Å². The van der Waals surface area contributed by atoms with Gasteiger partial charge in [-0.2, -0.15) is 0 Å². The van der Waals surface area contributed by atoms with E-state index in [0.29, 0.717) is 0 Å². The highest BCUT2D eigenvalue weighted by atomic mass is 32.2. The monoisotopic (exact) mass is 303 g/mol. The molecule has 7 heteroatoms. The molecule has 1 heterocycles. The van der Waals surface area contributed by atoms with Gasteiger partial charge < -0.3 is 0 Å². The van der Waals surface area contributed by atoms with E-state index < -0.39 is 32.6 Å².